The van der Waals surface area contributed by atoms with Gasteiger partial charge in [0.2, 0.25) is 0 Å². The summed E-state index contributed by atoms with van der Waals surface area (Å²) in [6.07, 6.45) is 1.68. The zero-order chi connectivity index (χ0) is 26.9. The van der Waals surface area contributed by atoms with Crippen LogP contribution in [-0.2, 0) is 16.0 Å². The van der Waals surface area contributed by atoms with Gasteiger partial charge in [-0.1, -0.05) is 12.1 Å². The minimum absolute atomic E-state index is 0.0626. The van der Waals surface area contributed by atoms with E-state index < -0.39 is 11.7 Å². The zero-order valence-corrected chi connectivity index (χ0v) is 21.9. The van der Waals surface area contributed by atoms with Gasteiger partial charge in [0.15, 0.2) is 0 Å². The number of fused-ring (bicyclic) bond motifs is 1. The van der Waals surface area contributed by atoms with Gasteiger partial charge in [-0.3, -0.25) is 4.79 Å². The molecule has 0 aromatic heterocycles. The van der Waals surface area contributed by atoms with Gasteiger partial charge in [-0.25, -0.2) is 4.39 Å². The van der Waals surface area contributed by atoms with Gasteiger partial charge in [0.1, 0.15) is 41.5 Å². The minimum atomic E-state index is -0.922. The van der Waals surface area contributed by atoms with Crippen LogP contribution < -0.4 is 14.2 Å². The van der Waals surface area contributed by atoms with Gasteiger partial charge < -0.3 is 24.1 Å². The summed E-state index contributed by atoms with van der Waals surface area (Å²) in [5.41, 5.74) is 1.50. The van der Waals surface area contributed by atoms with Crippen LogP contribution in [-0.4, -0.2) is 29.9 Å². The first-order valence-corrected chi connectivity index (χ1v) is 13.1. The molecule has 0 amide bonds. The number of hydrogen-bond donors (Lipinski definition) is 1. The number of esters is 1. The van der Waals surface area contributed by atoms with Gasteiger partial charge in [-0.2, -0.15) is 0 Å². The van der Waals surface area contributed by atoms with Crippen LogP contribution in [0.15, 0.2) is 60.7 Å². The number of hydrogen-bond acceptors (Lipinski definition) is 6. The van der Waals surface area contributed by atoms with E-state index >= 15 is 0 Å². The van der Waals surface area contributed by atoms with Crippen LogP contribution >= 0.6 is 0 Å². The topological polar surface area (TPSA) is 74.2 Å². The van der Waals surface area contributed by atoms with Crippen molar-refractivity contribution in [2.75, 3.05) is 13.2 Å². The Morgan fingerprint density at radius 1 is 1.00 bits per heavy atom. The van der Waals surface area contributed by atoms with Crippen LogP contribution in [0.1, 0.15) is 62.3 Å². The number of carbonyl (C=O) groups excluding carboxylic acids is 1. The van der Waals surface area contributed by atoms with Gasteiger partial charge in [-0.05, 0) is 100 Å². The molecule has 1 fully saturated rings. The Morgan fingerprint density at radius 2 is 1.68 bits per heavy atom. The monoisotopic (exact) mass is 520 g/mol. The molecule has 3 atom stereocenters. The molecule has 1 saturated carbocycles. The first kappa shape index (κ1) is 26.0. The molecule has 5 rings (SSSR count). The summed E-state index contributed by atoms with van der Waals surface area (Å²) in [6.45, 7) is 5.75. The van der Waals surface area contributed by atoms with E-state index in [1.807, 2.05) is 31.2 Å². The minimum Gasteiger partial charge on any atom is -0.491 e. The third-order valence-corrected chi connectivity index (χ3v) is 6.85. The fourth-order valence-corrected chi connectivity index (χ4v) is 4.88. The van der Waals surface area contributed by atoms with Crippen LogP contribution in [0, 0.1) is 11.7 Å². The standard InChI is InChI=1S/C31H33FO6/c1-4-35-30(33)25-17-24(25)19-5-7-21(8-6-19)38-28-15-13-23-27(16-14-26(32)29(23)28)37-22-11-9-20(10-12-22)36-18-31(2,3)34/h5-12,14,16,24-25,28,34H,4,13,15,17-18H2,1-3H3. The molecular formula is C31H33FO6. The maximum atomic E-state index is 14.9. The Labute approximate surface area is 222 Å². The Balaban J connectivity index is 1.24. The second-order valence-electron chi connectivity index (χ2n) is 10.5. The summed E-state index contributed by atoms with van der Waals surface area (Å²) in [4.78, 5) is 11.9. The van der Waals surface area contributed by atoms with Gasteiger partial charge in [0, 0.05) is 11.1 Å². The summed E-state index contributed by atoms with van der Waals surface area (Å²) >= 11 is 0. The third-order valence-electron chi connectivity index (χ3n) is 6.85. The Morgan fingerprint density at radius 3 is 2.37 bits per heavy atom. The lowest BCUT2D eigenvalue weighted by Gasteiger charge is -2.18. The van der Waals surface area contributed by atoms with E-state index in [0.717, 1.165) is 17.5 Å². The molecule has 2 aliphatic carbocycles. The molecule has 6 nitrogen and oxygen atoms in total. The summed E-state index contributed by atoms with van der Waals surface area (Å²) in [5, 5.41) is 9.83. The first-order chi connectivity index (χ1) is 18.2. The zero-order valence-electron chi connectivity index (χ0n) is 21.9. The van der Waals surface area contributed by atoms with E-state index in [4.69, 9.17) is 18.9 Å². The van der Waals surface area contributed by atoms with Crippen molar-refractivity contribution in [3.8, 4) is 23.0 Å². The Kier molecular flexibility index (Phi) is 7.30. The number of benzene rings is 3. The summed E-state index contributed by atoms with van der Waals surface area (Å²) in [7, 11) is 0. The summed E-state index contributed by atoms with van der Waals surface area (Å²) < 4.78 is 38.0. The molecule has 2 aliphatic rings. The fraction of sp³-hybridized carbons (Fsp3) is 0.387. The molecule has 0 saturated heterocycles. The molecule has 0 bridgehead atoms. The quantitative estimate of drug-likeness (QED) is 0.308. The second kappa shape index (κ2) is 10.7. The molecule has 3 unspecified atom stereocenters. The number of aliphatic hydroxyl groups is 1. The summed E-state index contributed by atoms with van der Waals surface area (Å²) in [6, 6.07) is 17.9. The van der Waals surface area contributed by atoms with Crippen LogP contribution in [0.4, 0.5) is 4.39 Å². The highest BCUT2D eigenvalue weighted by molar-refractivity contribution is 5.77. The Hall–Kier alpha value is -3.58. The molecule has 1 N–H and O–H groups in total. The van der Waals surface area contributed by atoms with Crippen LogP contribution in [0.3, 0.4) is 0 Å². The van der Waals surface area contributed by atoms with Crippen LogP contribution in [0.5, 0.6) is 23.0 Å². The van der Waals surface area contributed by atoms with Crippen molar-refractivity contribution in [3.63, 3.8) is 0 Å². The van der Waals surface area contributed by atoms with Gasteiger partial charge in [0.25, 0.3) is 0 Å². The molecule has 3 aromatic carbocycles. The molecule has 0 heterocycles. The highest BCUT2D eigenvalue weighted by Crippen LogP contribution is 2.49. The van der Waals surface area contributed by atoms with Gasteiger partial charge in [0.05, 0.1) is 18.1 Å². The average molecular weight is 521 g/mol. The van der Waals surface area contributed by atoms with Crippen molar-refractivity contribution < 1.29 is 33.2 Å². The maximum absolute atomic E-state index is 14.9. The van der Waals surface area contributed by atoms with Crippen molar-refractivity contribution in [1.82, 2.24) is 0 Å². The van der Waals surface area contributed by atoms with Crippen molar-refractivity contribution in [2.45, 2.75) is 57.7 Å². The van der Waals surface area contributed by atoms with Crippen LogP contribution in [0.25, 0.3) is 0 Å². The Bertz CT molecular complexity index is 1280. The van der Waals surface area contributed by atoms with Crippen molar-refractivity contribution in [2.24, 2.45) is 5.92 Å². The lowest BCUT2D eigenvalue weighted by atomic mass is 10.1. The molecule has 0 radical (unpaired) electrons. The van der Waals surface area contributed by atoms with Crippen LogP contribution in [0.2, 0.25) is 0 Å². The molecule has 0 aliphatic heterocycles. The molecule has 200 valence electrons. The van der Waals surface area contributed by atoms with Gasteiger partial charge in [-0.15, -0.1) is 0 Å². The van der Waals surface area contributed by atoms with E-state index in [1.165, 1.54) is 6.07 Å². The summed E-state index contributed by atoms with van der Waals surface area (Å²) in [5.74, 6) is 2.18. The number of rotatable bonds is 10. The highest BCUT2D eigenvalue weighted by Gasteiger charge is 2.45. The fourth-order valence-electron chi connectivity index (χ4n) is 4.88. The van der Waals surface area contributed by atoms with Crippen molar-refractivity contribution in [3.05, 3.63) is 83.2 Å². The first-order valence-electron chi connectivity index (χ1n) is 13.1. The largest absolute Gasteiger partial charge is 0.491 e. The third kappa shape index (κ3) is 5.94. The second-order valence-corrected chi connectivity index (χ2v) is 10.5. The normalized spacial score (nSPS) is 20.0. The van der Waals surface area contributed by atoms with Crippen molar-refractivity contribution in [1.29, 1.82) is 0 Å². The highest BCUT2D eigenvalue weighted by atomic mass is 19.1. The van der Waals surface area contributed by atoms with E-state index in [1.54, 1.807) is 44.2 Å². The number of carbonyl (C=O) groups is 1. The number of ether oxygens (including phenoxy) is 4. The lowest BCUT2D eigenvalue weighted by molar-refractivity contribution is -0.144. The van der Waals surface area contributed by atoms with E-state index in [0.29, 0.717) is 48.0 Å². The maximum Gasteiger partial charge on any atom is 0.309 e. The van der Waals surface area contributed by atoms with Gasteiger partial charge >= 0.3 is 5.97 Å². The molecule has 0 spiro atoms. The number of halogens is 1. The smallest absolute Gasteiger partial charge is 0.309 e. The molecule has 3 aromatic rings. The molecule has 38 heavy (non-hydrogen) atoms. The molecule has 7 heteroatoms. The van der Waals surface area contributed by atoms with E-state index in [-0.39, 0.29) is 30.2 Å². The lowest BCUT2D eigenvalue weighted by Crippen LogP contribution is -2.27. The SMILES string of the molecule is CCOC(=O)C1CC1c1ccc(OC2CCc3c(Oc4ccc(OCC(C)(C)O)cc4)ccc(F)c32)cc1. The van der Waals surface area contributed by atoms with E-state index in [9.17, 15) is 14.3 Å². The average Bonchev–Trinajstić information content (AvgIpc) is 3.58. The van der Waals surface area contributed by atoms with E-state index in [2.05, 4.69) is 0 Å². The predicted molar refractivity (Wildman–Crippen MR) is 140 cm³/mol. The van der Waals surface area contributed by atoms with Crippen molar-refractivity contribution >= 4 is 5.97 Å². The predicted octanol–water partition coefficient (Wildman–Crippen LogP) is 6.50. The molecular weight excluding hydrogens is 487 g/mol.